The number of nitriles is 1. The van der Waals surface area contributed by atoms with Gasteiger partial charge < -0.3 is 5.73 Å². The fourth-order valence-electron chi connectivity index (χ4n) is 1.81. The van der Waals surface area contributed by atoms with Crippen LogP contribution in [0.25, 0.3) is 0 Å². The van der Waals surface area contributed by atoms with Gasteiger partial charge in [-0.3, -0.25) is 4.79 Å². The summed E-state index contributed by atoms with van der Waals surface area (Å²) in [6.45, 7) is 0. The van der Waals surface area contributed by atoms with Crippen LogP contribution in [-0.2, 0) is 10.2 Å². The molecule has 1 saturated carbocycles. The number of hydrogen-bond acceptors (Lipinski definition) is 3. The van der Waals surface area contributed by atoms with Gasteiger partial charge in [0.05, 0.1) is 11.5 Å². The average molecular weight is 186 g/mol. The summed E-state index contributed by atoms with van der Waals surface area (Å²) in [5.41, 5.74) is 6.52. The second-order valence-corrected chi connectivity index (χ2v) is 3.71. The molecule has 2 N–H and O–H groups in total. The number of carbonyl (C=O) groups is 1. The Morgan fingerprint density at radius 3 is 2.64 bits per heavy atom. The Bertz CT molecular complexity index is 423. The maximum Gasteiger partial charge on any atom is 0.136 e. The third-order valence-electron chi connectivity index (χ3n) is 2.65. The van der Waals surface area contributed by atoms with Crippen LogP contribution < -0.4 is 5.73 Å². The molecule has 0 aromatic heterocycles. The molecule has 1 aromatic carbocycles. The molecule has 0 radical (unpaired) electrons. The van der Waals surface area contributed by atoms with Crippen molar-refractivity contribution in [3.05, 3.63) is 29.8 Å². The highest BCUT2D eigenvalue weighted by atomic mass is 16.1. The van der Waals surface area contributed by atoms with E-state index in [-0.39, 0.29) is 5.78 Å². The molecule has 0 atom stereocenters. The fourth-order valence-corrected chi connectivity index (χ4v) is 1.81. The summed E-state index contributed by atoms with van der Waals surface area (Å²) in [7, 11) is 0. The lowest BCUT2D eigenvalue weighted by molar-refractivity contribution is -0.126. The molecule has 0 unspecified atom stereocenters. The van der Waals surface area contributed by atoms with E-state index in [1.807, 2.05) is 12.1 Å². The van der Waals surface area contributed by atoms with E-state index in [0.29, 0.717) is 18.5 Å². The Kier molecular flexibility index (Phi) is 1.78. The molecule has 0 heterocycles. The Balaban J connectivity index is 2.39. The molecule has 2 rings (SSSR count). The SMILES string of the molecule is N#CC1(c2cccc(N)c2)CC(=O)C1. The van der Waals surface area contributed by atoms with Crippen LogP contribution in [0.1, 0.15) is 18.4 Å². The summed E-state index contributed by atoms with van der Waals surface area (Å²) in [5.74, 6) is 0.147. The molecule has 0 spiro atoms. The van der Waals surface area contributed by atoms with E-state index >= 15 is 0 Å². The summed E-state index contributed by atoms with van der Waals surface area (Å²) in [6, 6.07) is 9.42. The van der Waals surface area contributed by atoms with E-state index in [0.717, 1.165) is 5.56 Å². The van der Waals surface area contributed by atoms with Gasteiger partial charge in [-0.25, -0.2) is 0 Å². The number of nitrogens with zero attached hydrogens (tertiary/aromatic N) is 1. The molecule has 0 bridgehead atoms. The quantitative estimate of drug-likeness (QED) is 0.674. The first-order chi connectivity index (χ1) is 6.66. The Labute approximate surface area is 82.1 Å². The molecule has 1 fully saturated rings. The minimum absolute atomic E-state index is 0.147. The van der Waals surface area contributed by atoms with E-state index in [1.165, 1.54) is 0 Å². The summed E-state index contributed by atoms with van der Waals surface area (Å²) in [6.07, 6.45) is 0.653. The highest BCUT2D eigenvalue weighted by Crippen LogP contribution is 2.40. The molecule has 0 saturated heterocycles. The molecule has 1 aliphatic carbocycles. The predicted molar refractivity (Wildman–Crippen MR) is 52.4 cm³/mol. The van der Waals surface area contributed by atoms with Crippen molar-refractivity contribution in [1.82, 2.24) is 0 Å². The normalized spacial score (nSPS) is 18.4. The number of benzene rings is 1. The zero-order valence-electron chi connectivity index (χ0n) is 7.66. The van der Waals surface area contributed by atoms with Crippen molar-refractivity contribution < 1.29 is 4.79 Å². The van der Waals surface area contributed by atoms with Crippen LogP contribution in [0.15, 0.2) is 24.3 Å². The number of anilines is 1. The van der Waals surface area contributed by atoms with Gasteiger partial charge in [-0.1, -0.05) is 12.1 Å². The van der Waals surface area contributed by atoms with Gasteiger partial charge in [-0.15, -0.1) is 0 Å². The van der Waals surface area contributed by atoms with Gasteiger partial charge >= 0.3 is 0 Å². The maximum absolute atomic E-state index is 10.9. The molecule has 14 heavy (non-hydrogen) atoms. The molecule has 1 aromatic rings. The number of nitrogen functional groups attached to an aromatic ring is 1. The number of carbonyl (C=O) groups excluding carboxylic acids is 1. The molecule has 3 heteroatoms. The highest BCUT2D eigenvalue weighted by Gasteiger charge is 2.45. The van der Waals surface area contributed by atoms with Crippen LogP contribution in [0, 0.1) is 11.3 Å². The summed E-state index contributed by atoms with van der Waals surface area (Å²) in [5, 5.41) is 9.06. The van der Waals surface area contributed by atoms with Crippen molar-refractivity contribution in [3.8, 4) is 6.07 Å². The largest absolute Gasteiger partial charge is 0.399 e. The molecule has 3 nitrogen and oxygen atoms in total. The lowest BCUT2D eigenvalue weighted by atomic mass is 9.65. The zero-order chi connectivity index (χ0) is 10.2. The zero-order valence-corrected chi connectivity index (χ0v) is 7.66. The van der Waals surface area contributed by atoms with E-state index in [4.69, 9.17) is 11.0 Å². The number of nitrogens with two attached hydrogens (primary N) is 1. The number of hydrogen-bond donors (Lipinski definition) is 1. The predicted octanol–water partition coefficient (Wildman–Crippen LogP) is 1.39. The van der Waals surface area contributed by atoms with Crippen molar-refractivity contribution in [2.45, 2.75) is 18.3 Å². The molecule has 1 aliphatic rings. The van der Waals surface area contributed by atoms with Gasteiger partial charge in [-0.2, -0.15) is 5.26 Å². The standard InChI is InChI=1S/C11H10N2O/c12-7-11(5-10(14)6-11)8-2-1-3-9(13)4-8/h1-4H,5-6,13H2. The number of rotatable bonds is 1. The molecule has 0 aliphatic heterocycles. The minimum atomic E-state index is -0.605. The van der Waals surface area contributed by atoms with Gasteiger partial charge in [0.15, 0.2) is 0 Å². The summed E-state index contributed by atoms with van der Waals surface area (Å²) < 4.78 is 0. The lowest BCUT2D eigenvalue weighted by Crippen LogP contribution is -2.40. The van der Waals surface area contributed by atoms with E-state index in [9.17, 15) is 4.79 Å². The van der Waals surface area contributed by atoms with Crippen molar-refractivity contribution in [2.75, 3.05) is 5.73 Å². The minimum Gasteiger partial charge on any atom is -0.399 e. The first kappa shape index (κ1) is 8.76. The van der Waals surface area contributed by atoms with Crippen molar-refractivity contribution >= 4 is 11.5 Å². The van der Waals surface area contributed by atoms with Gasteiger partial charge in [0, 0.05) is 18.5 Å². The highest BCUT2D eigenvalue weighted by molar-refractivity contribution is 5.90. The Morgan fingerprint density at radius 2 is 2.14 bits per heavy atom. The summed E-state index contributed by atoms with van der Waals surface area (Å²) in [4.78, 5) is 10.9. The van der Waals surface area contributed by atoms with E-state index in [2.05, 4.69) is 6.07 Å². The number of ketones is 1. The topological polar surface area (TPSA) is 66.9 Å². The van der Waals surface area contributed by atoms with Gasteiger partial charge in [0.1, 0.15) is 5.78 Å². The van der Waals surface area contributed by atoms with E-state index in [1.54, 1.807) is 12.1 Å². The average Bonchev–Trinajstić information content (AvgIpc) is 2.12. The van der Waals surface area contributed by atoms with E-state index < -0.39 is 5.41 Å². The second kappa shape index (κ2) is 2.85. The van der Waals surface area contributed by atoms with Gasteiger partial charge in [0.25, 0.3) is 0 Å². The van der Waals surface area contributed by atoms with Crippen LogP contribution >= 0.6 is 0 Å². The van der Waals surface area contributed by atoms with Crippen molar-refractivity contribution in [3.63, 3.8) is 0 Å². The van der Waals surface area contributed by atoms with Crippen LogP contribution in [0.3, 0.4) is 0 Å². The third kappa shape index (κ3) is 1.16. The van der Waals surface area contributed by atoms with Crippen LogP contribution in [0.5, 0.6) is 0 Å². The third-order valence-corrected chi connectivity index (χ3v) is 2.65. The monoisotopic (exact) mass is 186 g/mol. The van der Waals surface area contributed by atoms with Gasteiger partial charge in [-0.05, 0) is 17.7 Å². The smallest absolute Gasteiger partial charge is 0.136 e. The van der Waals surface area contributed by atoms with Crippen molar-refractivity contribution in [1.29, 1.82) is 5.26 Å². The summed E-state index contributed by atoms with van der Waals surface area (Å²) >= 11 is 0. The van der Waals surface area contributed by atoms with Crippen molar-refractivity contribution in [2.24, 2.45) is 0 Å². The second-order valence-electron chi connectivity index (χ2n) is 3.71. The first-order valence-corrected chi connectivity index (χ1v) is 4.45. The Hall–Kier alpha value is -1.82. The lowest BCUT2D eigenvalue weighted by Gasteiger charge is -2.34. The van der Waals surface area contributed by atoms with Crippen LogP contribution in [-0.4, -0.2) is 5.78 Å². The van der Waals surface area contributed by atoms with Crippen LogP contribution in [0.4, 0.5) is 5.69 Å². The van der Waals surface area contributed by atoms with Gasteiger partial charge in [0.2, 0.25) is 0 Å². The van der Waals surface area contributed by atoms with Crippen LogP contribution in [0.2, 0.25) is 0 Å². The first-order valence-electron chi connectivity index (χ1n) is 4.45. The number of Topliss-reactive ketones (excluding diaryl/α,β-unsaturated/α-hetero) is 1. The molecule has 0 amide bonds. The molecular formula is C11H10N2O. The Morgan fingerprint density at radius 1 is 1.43 bits per heavy atom. The molecular weight excluding hydrogens is 176 g/mol. The maximum atomic E-state index is 10.9. The fraction of sp³-hybridized carbons (Fsp3) is 0.273. The molecule has 70 valence electrons.